The largest absolute Gasteiger partial charge is 0.481 e. The number of rotatable bonds is 29. The Morgan fingerprint density at radius 3 is 1.47 bits per heavy atom. The van der Waals surface area contributed by atoms with Crippen LogP contribution in [0.25, 0.3) is 0 Å². The average molecular weight is 849 g/mol. The Labute approximate surface area is 337 Å². The van der Waals surface area contributed by atoms with Gasteiger partial charge in [-0.2, -0.15) is 0 Å². The fourth-order valence-electron chi connectivity index (χ4n) is 4.96. The lowest BCUT2D eigenvalue weighted by Gasteiger charge is -2.29. The first-order chi connectivity index (χ1) is 27.4. The van der Waals surface area contributed by atoms with E-state index in [-0.39, 0.29) is 31.8 Å². The highest BCUT2D eigenvalue weighted by Crippen LogP contribution is 2.12. The van der Waals surface area contributed by atoms with Gasteiger partial charge < -0.3 is 79.3 Å². The summed E-state index contributed by atoms with van der Waals surface area (Å²) in [7, 11) is 0. The number of hydrogen-bond acceptors (Lipinski definition) is 14. The van der Waals surface area contributed by atoms with Gasteiger partial charge in [-0.3, -0.25) is 48.6 Å². The number of aliphatic hydroxyl groups excluding tert-OH is 2. The van der Waals surface area contributed by atoms with E-state index in [0.29, 0.717) is 0 Å². The summed E-state index contributed by atoms with van der Waals surface area (Å²) in [6.45, 7) is 3.26. The van der Waals surface area contributed by atoms with Gasteiger partial charge in [0.1, 0.15) is 42.3 Å². The predicted octanol–water partition coefficient (Wildman–Crippen LogP) is -5.81. The van der Waals surface area contributed by atoms with Crippen molar-refractivity contribution in [3.05, 3.63) is 0 Å². The van der Waals surface area contributed by atoms with Gasteiger partial charge >= 0.3 is 23.9 Å². The summed E-state index contributed by atoms with van der Waals surface area (Å²) in [6.07, 6.45) is -4.93. The van der Waals surface area contributed by atoms with Gasteiger partial charge in [0.05, 0.1) is 19.1 Å². The van der Waals surface area contributed by atoms with Gasteiger partial charge in [-0.25, -0.2) is 4.79 Å². The minimum atomic E-state index is -1.96. The van der Waals surface area contributed by atoms with Crippen LogP contribution in [0.2, 0.25) is 0 Å². The third-order valence-electron chi connectivity index (χ3n) is 8.60. The molecule has 0 aromatic carbocycles. The van der Waals surface area contributed by atoms with E-state index >= 15 is 0 Å². The van der Waals surface area contributed by atoms with Crippen LogP contribution in [0.15, 0.2) is 0 Å². The molecule has 0 saturated carbocycles. The van der Waals surface area contributed by atoms with Crippen molar-refractivity contribution < 1.29 is 78.6 Å². The van der Waals surface area contributed by atoms with Gasteiger partial charge in [-0.1, -0.05) is 20.3 Å². The lowest BCUT2D eigenvalue weighted by atomic mass is 9.96. The summed E-state index contributed by atoms with van der Waals surface area (Å²) in [5.41, 5.74) is 10.7. The predicted molar refractivity (Wildman–Crippen MR) is 201 cm³/mol. The highest BCUT2D eigenvalue weighted by molar-refractivity contribution is 5.98. The number of nitrogens with two attached hydrogens (primary N) is 2. The van der Waals surface area contributed by atoms with Crippen molar-refractivity contribution in [2.24, 2.45) is 17.4 Å². The van der Waals surface area contributed by atoms with E-state index in [1.807, 2.05) is 10.6 Å². The summed E-state index contributed by atoms with van der Waals surface area (Å²) in [5.74, 6) is -14.0. The molecule has 6 amide bonds. The van der Waals surface area contributed by atoms with Gasteiger partial charge in [-0.05, 0) is 38.5 Å². The van der Waals surface area contributed by atoms with E-state index in [1.54, 1.807) is 6.92 Å². The molecule has 334 valence electrons. The summed E-state index contributed by atoms with van der Waals surface area (Å²) in [4.78, 5) is 125. The summed E-state index contributed by atoms with van der Waals surface area (Å²) >= 11 is 0. The topological polar surface area (TPSA) is 452 Å². The van der Waals surface area contributed by atoms with Crippen LogP contribution in [0.5, 0.6) is 0 Å². The maximum absolute atomic E-state index is 13.6. The second-order valence-corrected chi connectivity index (χ2v) is 13.4. The van der Waals surface area contributed by atoms with Crippen molar-refractivity contribution in [1.29, 1.82) is 5.41 Å². The maximum atomic E-state index is 13.6. The van der Waals surface area contributed by atoms with E-state index in [0.717, 1.165) is 6.92 Å². The molecule has 0 spiro atoms. The number of aliphatic hydroxyl groups is 2. The standard InChI is InChI=1S/C33H56N10O16/c1-4-14(2)25(31(57)40-18(32(58)59)6-5-11-37-33(35)36)43-27(53)17(8-10-22(48)49)38-26(52)16(7-9-21(46)47)39-29(55)20(13-44)42-28(54)19(12-23(50)51)41-30(56)24(34)15(3)45/h14-20,24-25,44-45H,4-13,34H2,1-3H3,(H,38,52)(H,39,55)(H,40,57)(H,41,56)(H,42,54)(H,43,53)(H,46,47)(H,48,49)(H,50,51)(H,58,59)(H4,35,36,37)/t14-,15+,16-,17-,18-,19-,20-,24-,25-/m0/s1. The number of carbonyl (C=O) groups excluding carboxylic acids is 6. The molecule has 26 nitrogen and oxygen atoms in total. The average Bonchev–Trinajstić information content (AvgIpc) is 3.14. The van der Waals surface area contributed by atoms with Crippen LogP contribution in [0.4, 0.5) is 0 Å². The molecule has 0 unspecified atom stereocenters. The second-order valence-electron chi connectivity index (χ2n) is 13.4. The number of aliphatic carboxylic acids is 4. The van der Waals surface area contributed by atoms with E-state index in [2.05, 4.69) is 26.6 Å². The highest BCUT2D eigenvalue weighted by Gasteiger charge is 2.35. The number of hydrogen-bond donors (Lipinski definition) is 16. The lowest BCUT2D eigenvalue weighted by Crippen LogP contribution is -2.61. The van der Waals surface area contributed by atoms with Crippen LogP contribution < -0.4 is 48.7 Å². The highest BCUT2D eigenvalue weighted by atomic mass is 16.4. The molecule has 0 saturated heterocycles. The molecule has 59 heavy (non-hydrogen) atoms. The number of nitrogens with one attached hydrogen (secondary N) is 8. The van der Waals surface area contributed by atoms with E-state index < -0.39 is 152 Å². The van der Waals surface area contributed by atoms with E-state index in [1.165, 1.54) is 6.92 Å². The Balaban J connectivity index is 6.33. The number of carboxylic acids is 4. The molecule has 9 atom stereocenters. The quantitative estimate of drug-likeness (QED) is 0.0189. The lowest BCUT2D eigenvalue weighted by molar-refractivity contribution is -0.143. The minimum Gasteiger partial charge on any atom is -0.481 e. The summed E-state index contributed by atoms with van der Waals surface area (Å²) in [6, 6.07) is -11.9. The van der Waals surface area contributed by atoms with Crippen LogP contribution in [-0.2, 0) is 47.9 Å². The van der Waals surface area contributed by atoms with Gasteiger partial charge in [0.15, 0.2) is 5.96 Å². The first-order valence-electron chi connectivity index (χ1n) is 18.3. The fourth-order valence-corrected chi connectivity index (χ4v) is 4.96. The Hall–Kier alpha value is -6.15. The Kier molecular flexibility index (Phi) is 23.9. The molecular weight excluding hydrogens is 792 g/mol. The normalized spacial score (nSPS) is 15.4. The van der Waals surface area contributed by atoms with Crippen LogP contribution in [0.1, 0.15) is 72.1 Å². The molecule has 0 radical (unpaired) electrons. The monoisotopic (exact) mass is 848 g/mol. The van der Waals surface area contributed by atoms with Crippen molar-refractivity contribution in [3.63, 3.8) is 0 Å². The molecule has 0 rings (SSSR count). The van der Waals surface area contributed by atoms with Crippen LogP contribution in [0.3, 0.4) is 0 Å². The van der Waals surface area contributed by atoms with Gasteiger partial charge in [0.25, 0.3) is 0 Å². The minimum absolute atomic E-state index is 0.109. The van der Waals surface area contributed by atoms with Gasteiger partial charge in [0.2, 0.25) is 35.4 Å². The zero-order valence-corrected chi connectivity index (χ0v) is 32.7. The number of carboxylic acid groups (broad SMARTS) is 4. The van der Waals surface area contributed by atoms with Crippen LogP contribution in [-0.4, -0.2) is 157 Å². The first-order valence-corrected chi connectivity index (χ1v) is 18.3. The number of amides is 6. The Morgan fingerprint density at radius 1 is 0.610 bits per heavy atom. The molecule has 0 aliphatic heterocycles. The Morgan fingerprint density at radius 2 is 1.05 bits per heavy atom. The van der Waals surface area contributed by atoms with E-state index in [4.69, 9.17) is 16.9 Å². The second kappa shape index (κ2) is 26.7. The van der Waals surface area contributed by atoms with E-state index in [9.17, 15) is 78.6 Å². The summed E-state index contributed by atoms with van der Waals surface area (Å²) in [5, 5.41) is 79.6. The Bertz CT molecular complexity index is 1530. The molecule has 0 aliphatic carbocycles. The SMILES string of the molecule is CC[C@H](C)[C@H](NC(=O)[C@H](CCC(=O)O)NC(=O)[C@H](CCC(=O)O)NC(=O)[C@H](CO)NC(=O)[C@H](CC(=O)O)NC(=O)[C@@H](N)[C@@H](C)O)C(=O)N[C@@H](CCCNC(=N)N)C(=O)O. The molecule has 0 bridgehead atoms. The molecule has 0 fully saturated rings. The molecule has 26 heteroatoms. The fraction of sp³-hybridized carbons (Fsp3) is 0.667. The zero-order chi connectivity index (χ0) is 45.6. The third-order valence-corrected chi connectivity index (χ3v) is 8.60. The zero-order valence-electron chi connectivity index (χ0n) is 32.7. The van der Waals surface area contributed by atoms with Crippen LogP contribution >= 0.6 is 0 Å². The van der Waals surface area contributed by atoms with Crippen LogP contribution in [0, 0.1) is 11.3 Å². The smallest absolute Gasteiger partial charge is 0.326 e. The molecule has 0 heterocycles. The summed E-state index contributed by atoms with van der Waals surface area (Å²) < 4.78 is 0. The third kappa shape index (κ3) is 20.7. The molecule has 18 N–H and O–H groups in total. The van der Waals surface area contributed by atoms with Crippen molar-refractivity contribution in [2.45, 2.75) is 121 Å². The molecule has 0 aromatic heterocycles. The van der Waals surface area contributed by atoms with Crippen molar-refractivity contribution in [2.75, 3.05) is 13.2 Å². The van der Waals surface area contributed by atoms with Gasteiger partial charge in [-0.15, -0.1) is 0 Å². The van der Waals surface area contributed by atoms with Crippen molar-refractivity contribution in [3.8, 4) is 0 Å². The first kappa shape index (κ1) is 52.8. The maximum Gasteiger partial charge on any atom is 0.326 e. The number of carbonyl (C=O) groups is 10. The van der Waals surface area contributed by atoms with Crippen molar-refractivity contribution in [1.82, 2.24) is 37.2 Å². The molecule has 0 aromatic rings. The van der Waals surface area contributed by atoms with Crippen molar-refractivity contribution >= 4 is 65.3 Å². The molecule has 0 aliphatic rings. The number of guanidine groups is 1. The molecular formula is C33H56N10O16. The van der Waals surface area contributed by atoms with Gasteiger partial charge in [0, 0.05) is 19.4 Å².